The van der Waals surface area contributed by atoms with Gasteiger partial charge in [-0.15, -0.1) is 0 Å². The summed E-state index contributed by atoms with van der Waals surface area (Å²) in [6, 6.07) is 16.5. The lowest BCUT2D eigenvalue weighted by Gasteiger charge is -2.16. The monoisotopic (exact) mass is 268 g/mol. The third kappa shape index (κ3) is 3.25. The smallest absolute Gasteiger partial charge is 0.245 e. The number of amides is 1. The lowest BCUT2D eigenvalue weighted by atomic mass is 10.0. The second-order valence-electron chi connectivity index (χ2n) is 5.12. The fraction of sp³-hybridized carbons (Fsp3) is 0.235. The SMILES string of the molecule is CC(C)c1ccccc1NC(=O)C(N)c1ccccc1. The molecule has 1 unspecified atom stereocenters. The molecule has 0 aliphatic rings. The Bertz CT molecular complexity index is 579. The van der Waals surface area contributed by atoms with Crippen LogP contribution in [0.15, 0.2) is 54.6 Å². The first-order valence-corrected chi connectivity index (χ1v) is 6.80. The van der Waals surface area contributed by atoms with Crippen molar-refractivity contribution in [1.82, 2.24) is 0 Å². The molecule has 2 aromatic carbocycles. The van der Waals surface area contributed by atoms with Gasteiger partial charge >= 0.3 is 0 Å². The molecule has 0 radical (unpaired) electrons. The lowest BCUT2D eigenvalue weighted by molar-refractivity contribution is -0.117. The van der Waals surface area contributed by atoms with Gasteiger partial charge in [0.2, 0.25) is 5.91 Å². The first-order valence-electron chi connectivity index (χ1n) is 6.80. The predicted octanol–water partition coefficient (Wildman–Crippen LogP) is 3.45. The minimum Gasteiger partial charge on any atom is -0.324 e. The Hall–Kier alpha value is -2.13. The van der Waals surface area contributed by atoms with E-state index in [4.69, 9.17) is 5.73 Å². The Morgan fingerprint density at radius 1 is 1.00 bits per heavy atom. The van der Waals surface area contributed by atoms with Gasteiger partial charge in [0.05, 0.1) is 0 Å². The van der Waals surface area contributed by atoms with Gasteiger partial charge in [0.25, 0.3) is 0 Å². The second-order valence-corrected chi connectivity index (χ2v) is 5.12. The maximum atomic E-state index is 12.3. The summed E-state index contributed by atoms with van der Waals surface area (Å²) in [6.07, 6.45) is 0. The average molecular weight is 268 g/mol. The van der Waals surface area contributed by atoms with Crippen molar-refractivity contribution in [2.24, 2.45) is 5.73 Å². The number of para-hydroxylation sites is 1. The fourth-order valence-corrected chi connectivity index (χ4v) is 2.14. The van der Waals surface area contributed by atoms with E-state index in [0.29, 0.717) is 5.92 Å². The van der Waals surface area contributed by atoms with Crippen molar-refractivity contribution in [2.45, 2.75) is 25.8 Å². The number of nitrogens with one attached hydrogen (secondary N) is 1. The summed E-state index contributed by atoms with van der Waals surface area (Å²) in [5.41, 5.74) is 8.76. The van der Waals surface area contributed by atoms with Gasteiger partial charge in [0, 0.05) is 5.69 Å². The van der Waals surface area contributed by atoms with Gasteiger partial charge in [-0.2, -0.15) is 0 Å². The van der Waals surface area contributed by atoms with Crippen LogP contribution in [0.4, 0.5) is 5.69 Å². The summed E-state index contributed by atoms with van der Waals surface area (Å²) in [7, 11) is 0. The summed E-state index contributed by atoms with van der Waals surface area (Å²) in [5.74, 6) is 0.156. The molecule has 0 fully saturated rings. The zero-order valence-electron chi connectivity index (χ0n) is 11.8. The molecule has 1 amide bonds. The van der Waals surface area contributed by atoms with E-state index in [1.54, 1.807) is 0 Å². The van der Waals surface area contributed by atoms with Crippen molar-refractivity contribution >= 4 is 11.6 Å². The van der Waals surface area contributed by atoms with Crippen molar-refractivity contribution < 1.29 is 4.79 Å². The molecule has 3 heteroatoms. The van der Waals surface area contributed by atoms with Crippen LogP contribution in [0.5, 0.6) is 0 Å². The highest BCUT2D eigenvalue weighted by atomic mass is 16.2. The van der Waals surface area contributed by atoms with Gasteiger partial charge in [-0.25, -0.2) is 0 Å². The number of carbonyl (C=O) groups is 1. The standard InChI is InChI=1S/C17H20N2O/c1-12(2)14-10-6-7-11-15(14)19-17(20)16(18)13-8-4-3-5-9-13/h3-12,16H,18H2,1-2H3,(H,19,20). The van der Waals surface area contributed by atoms with Crippen LogP contribution in [0.25, 0.3) is 0 Å². The predicted molar refractivity (Wildman–Crippen MR) is 82.5 cm³/mol. The number of carbonyl (C=O) groups excluding carboxylic acids is 1. The van der Waals surface area contributed by atoms with Crippen molar-refractivity contribution in [3.63, 3.8) is 0 Å². The van der Waals surface area contributed by atoms with Gasteiger partial charge in [0.15, 0.2) is 0 Å². The molecule has 3 N–H and O–H groups in total. The number of anilines is 1. The highest BCUT2D eigenvalue weighted by Gasteiger charge is 2.17. The van der Waals surface area contributed by atoms with E-state index in [2.05, 4.69) is 19.2 Å². The van der Waals surface area contributed by atoms with E-state index >= 15 is 0 Å². The molecule has 0 aliphatic carbocycles. The Kier molecular flexibility index (Phi) is 4.53. The molecule has 0 bridgehead atoms. The quantitative estimate of drug-likeness (QED) is 0.892. The molecule has 0 heterocycles. The summed E-state index contributed by atoms with van der Waals surface area (Å²) in [6.45, 7) is 4.20. The Morgan fingerprint density at radius 3 is 2.25 bits per heavy atom. The number of hydrogen-bond donors (Lipinski definition) is 2. The number of benzene rings is 2. The third-order valence-electron chi connectivity index (χ3n) is 3.28. The minimum atomic E-state index is -0.656. The molecule has 20 heavy (non-hydrogen) atoms. The zero-order valence-corrected chi connectivity index (χ0v) is 11.8. The molecule has 2 rings (SSSR count). The molecule has 1 atom stereocenters. The largest absolute Gasteiger partial charge is 0.324 e. The Morgan fingerprint density at radius 2 is 1.60 bits per heavy atom. The highest BCUT2D eigenvalue weighted by molar-refractivity contribution is 5.96. The third-order valence-corrected chi connectivity index (χ3v) is 3.28. The van der Waals surface area contributed by atoms with Gasteiger partial charge in [-0.1, -0.05) is 62.4 Å². The molecule has 104 valence electrons. The van der Waals surface area contributed by atoms with E-state index in [0.717, 1.165) is 16.8 Å². The van der Waals surface area contributed by atoms with E-state index in [9.17, 15) is 4.79 Å². The zero-order chi connectivity index (χ0) is 14.5. The highest BCUT2D eigenvalue weighted by Crippen LogP contribution is 2.24. The first-order chi connectivity index (χ1) is 9.59. The van der Waals surface area contributed by atoms with Crippen molar-refractivity contribution in [1.29, 1.82) is 0 Å². The maximum absolute atomic E-state index is 12.3. The molecule has 0 aliphatic heterocycles. The molecular formula is C17H20N2O. The van der Waals surface area contributed by atoms with Crippen LogP contribution in [0.1, 0.15) is 36.9 Å². The van der Waals surface area contributed by atoms with Crippen molar-refractivity contribution in [3.05, 3.63) is 65.7 Å². The minimum absolute atomic E-state index is 0.190. The van der Waals surface area contributed by atoms with Gasteiger partial charge in [0.1, 0.15) is 6.04 Å². The summed E-state index contributed by atoms with van der Waals surface area (Å²) in [5, 5.41) is 2.93. The fourth-order valence-electron chi connectivity index (χ4n) is 2.14. The topological polar surface area (TPSA) is 55.1 Å². The molecule has 0 saturated carbocycles. The Balaban J connectivity index is 2.16. The summed E-state index contributed by atoms with van der Waals surface area (Å²) >= 11 is 0. The van der Waals surface area contributed by atoms with E-state index in [-0.39, 0.29) is 5.91 Å². The van der Waals surface area contributed by atoms with Crippen LogP contribution >= 0.6 is 0 Å². The van der Waals surface area contributed by atoms with Crippen LogP contribution < -0.4 is 11.1 Å². The molecular weight excluding hydrogens is 248 g/mol. The van der Waals surface area contributed by atoms with Crippen LogP contribution in [0.2, 0.25) is 0 Å². The summed E-state index contributed by atoms with van der Waals surface area (Å²) < 4.78 is 0. The normalized spacial score (nSPS) is 12.2. The van der Waals surface area contributed by atoms with Gasteiger partial charge < -0.3 is 11.1 Å². The van der Waals surface area contributed by atoms with Gasteiger partial charge in [-0.05, 0) is 23.1 Å². The molecule has 0 spiro atoms. The molecule has 3 nitrogen and oxygen atoms in total. The van der Waals surface area contributed by atoms with Crippen LogP contribution in [-0.2, 0) is 4.79 Å². The Labute approximate surface area is 119 Å². The first kappa shape index (κ1) is 14.3. The number of rotatable bonds is 4. The average Bonchev–Trinajstić information content (AvgIpc) is 2.47. The maximum Gasteiger partial charge on any atom is 0.245 e. The molecule has 2 aromatic rings. The van der Waals surface area contributed by atoms with Crippen molar-refractivity contribution in [2.75, 3.05) is 5.32 Å². The molecule has 0 aromatic heterocycles. The van der Waals surface area contributed by atoms with Crippen LogP contribution in [0, 0.1) is 0 Å². The molecule has 0 saturated heterocycles. The van der Waals surface area contributed by atoms with Crippen LogP contribution in [-0.4, -0.2) is 5.91 Å². The van der Waals surface area contributed by atoms with E-state index in [1.807, 2.05) is 54.6 Å². The van der Waals surface area contributed by atoms with Gasteiger partial charge in [-0.3, -0.25) is 4.79 Å². The van der Waals surface area contributed by atoms with E-state index in [1.165, 1.54) is 0 Å². The number of nitrogens with two attached hydrogens (primary N) is 1. The number of hydrogen-bond acceptors (Lipinski definition) is 2. The second kappa shape index (κ2) is 6.35. The van der Waals surface area contributed by atoms with Crippen molar-refractivity contribution in [3.8, 4) is 0 Å². The van der Waals surface area contributed by atoms with E-state index < -0.39 is 6.04 Å². The summed E-state index contributed by atoms with van der Waals surface area (Å²) in [4.78, 5) is 12.3. The lowest BCUT2D eigenvalue weighted by Crippen LogP contribution is -2.28. The van der Waals surface area contributed by atoms with Crippen LogP contribution in [0.3, 0.4) is 0 Å².